The first-order valence-electron chi connectivity index (χ1n) is 9.06. The maximum absolute atomic E-state index is 9.97. The van der Waals surface area contributed by atoms with E-state index in [2.05, 4.69) is 0 Å². The predicted molar refractivity (Wildman–Crippen MR) is 114 cm³/mol. The van der Waals surface area contributed by atoms with Gasteiger partial charge in [0.15, 0.2) is 0 Å². The van der Waals surface area contributed by atoms with Crippen molar-refractivity contribution in [2.24, 2.45) is 0 Å². The fourth-order valence-corrected chi connectivity index (χ4v) is 1.44. The van der Waals surface area contributed by atoms with Crippen LogP contribution in [0.4, 0.5) is 11.4 Å². The summed E-state index contributed by atoms with van der Waals surface area (Å²) in [5, 5.41) is 95.4. The molecule has 0 heterocycles. The Morgan fingerprint density at radius 1 is 0.526 bits per heavy atom. The first-order valence-corrected chi connectivity index (χ1v) is 9.06. The van der Waals surface area contributed by atoms with Crippen LogP contribution in [0.2, 0.25) is 0 Å². The summed E-state index contributed by atoms with van der Waals surface area (Å²) in [7, 11) is 0. The molecule has 2 rings (SSSR count). The van der Waals surface area contributed by atoms with Crippen molar-refractivity contribution in [1.82, 2.24) is 0 Å². The van der Waals surface area contributed by atoms with Crippen molar-refractivity contribution >= 4 is 84.1 Å². The van der Waals surface area contributed by atoms with Crippen molar-refractivity contribution in [2.75, 3.05) is 11.5 Å². The molecule has 4 radical (unpaired) electrons. The second-order valence-corrected chi connectivity index (χ2v) is 6.14. The molecule has 0 aromatic heterocycles. The smallest absolute Gasteiger partial charge is 0.848 e. The van der Waals surface area contributed by atoms with E-state index < -0.39 is 48.3 Å². The average molecular weight is 756 g/mol. The van der Waals surface area contributed by atoms with E-state index in [1.165, 1.54) is 0 Å². The Bertz CT molecular complexity index is 831. The van der Waals surface area contributed by atoms with Crippen LogP contribution in [0.25, 0.3) is 0 Å². The van der Waals surface area contributed by atoms with Gasteiger partial charge in [0.2, 0.25) is 0 Å². The van der Waals surface area contributed by atoms with Crippen LogP contribution >= 0.6 is 0 Å². The van der Waals surface area contributed by atoms with Gasteiger partial charge in [0.05, 0.1) is 0 Å². The number of carboxylic acids is 4. The molecule has 0 aliphatic carbocycles. The molecule has 4 unspecified atom stereocenters. The van der Waals surface area contributed by atoms with Gasteiger partial charge < -0.3 is 81.7 Å². The Hall–Kier alpha value is -3.00. The molecule has 18 heteroatoms. The first kappa shape index (κ1) is 42.1. The summed E-state index contributed by atoms with van der Waals surface area (Å²) < 4.78 is 0. The van der Waals surface area contributed by atoms with Crippen molar-refractivity contribution in [1.29, 1.82) is 0 Å². The van der Waals surface area contributed by atoms with E-state index in [4.69, 9.17) is 21.7 Å². The fourth-order valence-electron chi connectivity index (χ4n) is 1.44. The van der Waals surface area contributed by atoms with Crippen molar-refractivity contribution in [3.8, 4) is 11.5 Å². The van der Waals surface area contributed by atoms with Crippen LogP contribution < -0.4 is 52.3 Å². The molecule has 16 nitrogen and oxygen atoms in total. The molecule has 0 saturated carbocycles. The molecule has 0 spiro atoms. The van der Waals surface area contributed by atoms with Crippen molar-refractivity contribution in [3.63, 3.8) is 0 Å². The SMILES string of the molecule is Nc1ccc(O)cc1.Nc1ccc(O)cc1.O=C([O-])C([O-])C([O-])C(=O)[O-].O=C([O-])C([O-])C([O-])C(=O)[O-].[H+].[H+].[Sb+3].[Sb+3]. The summed E-state index contributed by atoms with van der Waals surface area (Å²) in [6, 6.07) is 12.8. The van der Waals surface area contributed by atoms with Crippen LogP contribution in [0, 0.1) is 0 Å². The van der Waals surface area contributed by atoms with Gasteiger partial charge in [0.25, 0.3) is 0 Å². The number of benzene rings is 2. The third kappa shape index (κ3) is 20.1. The number of carbonyl (C=O) groups excluding carboxylic acids is 4. The number of rotatable bonds is 6. The number of phenols is 2. The minimum atomic E-state index is -2.80. The molecule has 4 atom stereocenters. The summed E-state index contributed by atoms with van der Waals surface area (Å²) in [4.78, 5) is 38.1. The van der Waals surface area contributed by atoms with Crippen LogP contribution in [0.3, 0.4) is 0 Å². The molecule has 0 aliphatic rings. The van der Waals surface area contributed by atoms with Gasteiger partial charge in [-0.3, -0.25) is 0 Å². The maximum Gasteiger partial charge on any atom is 3.00 e. The third-order valence-corrected chi connectivity index (χ3v) is 3.27. The summed E-state index contributed by atoms with van der Waals surface area (Å²) in [6.07, 6.45) is -11.2. The molecule has 0 fully saturated rings. The van der Waals surface area contributed by atoms with Gasteiger partial charge in [0.1, 0.15) is 11.5 Å². The number of carboxylic acid groups (broad SMARTS) is 4. The van der Waals surface area contributed by atoms with Crippen LogP contribution in [-0.4, -0.2) is 107 Å². The van der Waals surface area contributed by atoms with Crippen molar-refractivity contribution < 1.29 is 73.1 Å². The molecule has 2 aromatic carbocycles. The van der Waals surface area contributed by atoms with E-state index in [0.717, 1.165) is 0 Å². The topological polar surface area (TPSA) is 345 Å². The fraction of sp³-hybridized carbons (Fsp3) is 0.200. The molecular weight excluding hydrogens is 736 g/mol. The van der Waals surface area contributed by atoms with Crippen LogP contribution in [0.15, 0.2) is 48.5 Å². The van der Waals surface area contributed by atoms with Crippen LogP contribution in [0.1, 0.15) is 2.85 Å². The quantitative estimate of drug-likeness (QED) is 0.121. The monoisotopic (exact) mass is 754 g/mol. The molecule has 0 bridgehead atoms. The van der Waals surface area contributed by atoms with Gasteiger partial charge in [-0.05, 0) is 48.5 Å². The standard InChI is InChI=1S/2C6H7NO.2C4H4O6.2Sb/c2*7-5-1-3-6(8)4-2-5;2*5-1(3(7)8)2(6)4(9)10;;/h2*1-4,8H,7H2;2*1-2H,(H,7,8)(H,9,10);;/q;;2*-2;2*+3/p-2. The summed E-state index contributed by atoms with van der Waals surface area (Å²) in [5.74, 6) is -8.43. The molecule has 2 aromatic rings. The number of nitrogens with two attached hydrogens (primary N) is 2. The summed E-state index contributed by atoms with van der Waals surface area (Å²) >= 11 is 0. The number of hydrogen-bond donors (Lipinski definition) is 4. The van der Waals surface area contributed by atoms with Crippen LogP contribution in [0.5, 0.6) is 11.5 Å². The molecule has 38 heavy (non-hydrogen) atoms. The number of hydrogen-bond acceptors (Lipinski definition) is 16. The Labute approximate surface area is 252 Å². The number of anilines is 2. The number of nitrogen functional groups attached to an aromatic ring is 2. The Kier molecular flexibility index (Phi) is 24.4. The third-order valence-electron chi connectivity index (χ3n) is 3.27. The maximum atomic E-state index is 9.97. The summed E-state index contributed by atoms with van der Waals surface area (Å²) in [5.41, 5.74) is 12.0. The molecule has 0 saturated heterocycles. The van der Waals surface area contributed by atoms with Gasteiger partial charge in [0, 0.05) is 35.3 Å². The van der Waals surface area contributed by atoms with E-state index in [-0.39, 0.29) is 63.2 Å². The minimum Gasteiger partial charge on any atom is -0.848 e. The Balaban J connectivity index is -0.0000000935. The molecule has 204 valence electrons. The van der Waals surface area contributed by atoms with Gasteiger partial charge in [-0.15, -0.1) is 0 Å². The van der Waals surface area contributed by atoms with Gasteiger partial charge in [-0.25, -0.2) is 0 Å². The molecule has 6 N–H and O–H groups in total. The van der Waals surface area contributed by atoms with Crippen molar-refractivity contribution in [2.45, 2.75) is 24.4 Å². The molecule has 0 aliphatic heterocycles. The number of aliphatic carboxylic acids is 4. The number of carbonyl (C=O) groups is 4. The molecular formula is C20H20N2O14Sb2. The normalized spacial score (nSPS) is 12.1. The average Bonchev–Trinajstić information content (AvgIpc) is 2.81. The Morgan fingerprint density at radius 3 is 0.789 bits per heavy atom. The zero-order valence-electron chi connectivity index (χ0n) is 20.8. The minimum absolute atomic E-state index is 0. The second kappa shape index (κ2) is 22.0. The second-order valence-electron chi connectivity index (χ2n) is 6.14. The van der Waals surface area contributed by atoms with E-state index in [1.807, 2.05) is 0 Å². The van der Waals surface area contributed by atoms with E-state index >= 15 is 0 Å². The summed E-state index contributed by atoms with van der Waals surface area (Å²) in [6.45, 7) is 0. The first-order chi connectivity index (χ1) is 16.5. The van der Waals surface area contributed by atoms with Crippen LogP contribution in [-0.2, 0) is 19.2 Å². The Morgan fingerprint density at radius 2 is 0.684 bits per heavy atom. The zero-order valence-corrected chi connectivity index (χ0v) is 23.9. The van der Waals surface area contributed by atoms with Crippen molar-refractivity contribution in [3.05, 3.63) is 48.5 Å². The van der Waals surface area contributed by atoms with Gasteiger partial charge >= 0.3 is 51.7 Å². The zero-order chi connectivity index (χ0) is 28.6. The van der Waals surface area contributed by atoms with Gasteiger partial charge in [-0.1, -0.05) is 24.4 Å². The number of phenolic OH excluding ortho intramolecular Hbond substituents is 2. The van der Waals surface area contributed by atoms with Gasteiger partial charge in [-0.2, -0.15) is 0 Å². The predicted octanol–water partition coefficient (Wildman–Crippen LogP) is -10.7. The molecule has 0 amide bonds. The van der Waals surface area contributed by atoms with E-state index in [9.17, 15) is 60.0 Å². The van der Waals surface area contributed by atoms with E-state index in [1.54, 1.807) is 48.5 Å². The number of aromatic hydroxyl groups is 2. The van der Waals surface area contributed by atoms with E-state index in [0.29, 0.717) is 11.4 Å². The largest absolute Gasteiger partial charge is 3.00 e.